The summed E-state index contributed by atoms with van der Waals surface area (Å²) in [4.78, 5) is 3.47. The van der Waals surface area contributed by atoms with E-state index in [0.29, 0.717) is 6.20 Å². The Morgan fingerprint density at radius 2 is 1.57 bits per heavy atom. The van der Waals surface area contributed by atoms with E-state index in [-0.39, 0.29) is 11.3 Å². The van der Waals surface area contributed by atoms with Gasteiger partial charge in [-0.1, -0.05) is 0 Å². The van der Waals surface area contributed by atoms with E-state index in [1.807, 2.05) is 0 Å². The van der Waals surface area contributed by atoms with Crippen molar-refractivity contribution >= 4 is 12.6 Å². The molecule has 28 heavy (non-hydrogen) atoms. The summed E-state index contributed by atoms with van der Waals surface area (Å²) in [5.41, 5.74) is -2.61. The fraction of sp³-hybridized carbons (Fsp3) is 0.389. The van der Waals surface area contributed by atoms with Crippen LogP contribution in [0.15, 0.2) is 30.5 Å². The highest BCUT2D eigenvalue weighted by Crippen LogP contribution is 2.37. The maximum absolute atomic E-state index is 14.5. The van der Waals surface area contributed by atoms with Gasteiger partial charge in [0.1, 0.15) is 5.82 Å². The molecule has 0 N–H and O–H groups in total. The first kappa shape index (κ1) is 20.5. The Kier molecular flexibility index (Phi) is 4.91. The van der Waals surface area contributed by atoms with Crippen molar-refractivity contribution in [3.8, 4) is 11.6 Å². The highest BCUT2D eigenvalue weighted by atomic mass is 19.4. The molecule has 2 heterocycles. The van der Waals surface area contributed by atoms with Crippen molar-refractivity contribution in [2.75, 3.05) is 0 Å². The predicted octanol–water partition coefficient (Wildman–Crippen LogP) is 4.47. The number of rotatable bonds is 3. The molecule has 4 nitrogen and oxygen atoms in total. The van der Waals surface area contributed by atoms with Crippen LogP contribution in [0, 0.1) is 11.6 Å². The summed E-state index contributed by atoms with van der Waals surface area (Å²) >= 11 is 0. The van der Waals surface area contributed by atoms with Gasteiger partial charge in [-0.25, -0.2) is 13.8 Å². The number of hydrogen-bond acceptors (Lipinski definition) is 4. The number of benzene rings is 1. The minimum absolute atomic E-state index is 0.149. The first-order valence-corrected chi connectivity index (χ1v) is 8.36. The fourth-order valence-corrected chi connectivity index (χ4v) is 2.49. The molecule has 0 atom stereocenters. The summed E-state index contributed by atoms with van der Waals surface area (Å²) in [6.07, 6.45) is -4.02. The van der Waals surface area contributed by atoms with Gasteiger partial charge in [0.05, 0.1) is 16.8 Å². The maximum Gasteiger partial charge on any atom is 0.497 e. The van der Waals surface area contributed by atoms with Crippen LogP contribution in [0.5, 0.6) is 11.6 Å². The fourth-order valence-electron chi connectivity index (χ4n) is 2.49. The van der Waals surface area contributed by atoms with Gasteiger partial charge in [0, 0.05) is 23.8 Å². The van der Waals surface area contributed by atoms with Gasteiger partial charge in [0.15, 0.2) is 11.6 Å². The topological polar surface area (TPSA) is 40.6 Å². The van der Waals surface area contributed by atoms with Crippen LogP contribution in [0.4, 0.5) is 22.0 Å². The number of nitrogens with zero attached hydrogens (tertiary/aromatic N) is 1. The summed E-state index contributed by atoms with van der Waals surface area (Å²) in [5, 5.41) is 0. The molecule has 1 aliphatic rings. The lowest BCUT2D eigenvalue weighted by Gasteiger charge is -2.32. The van der Waals surface area contributed by atoms with Gasteiger partial charge in [-0.2, -0.15) is 13.2 Å². The summed E-state index contributed by atoms with van der Waals surface area (Å²) in [5.74, 6) is -2.62. The van der Waals surface area contributed by atoms with Gasteiger partial charge in [-0.15, -0.1) is 0 Å². The monoisotopic (exact) mass is 401 g/mol. The van der Waals surface area contributed by atoms with E-state index in [1.54, 1.807) is 27.7 Å². The largest absolute Gasteiger partial charge is 0.497 e. The molecular weight excluding hydrogens is 384 g/mol. The zero-order valence-electron chi connectivity index (χ0n) is 15.5. The quantitative estimate of drug-likeness (QED) is 0.562. The van der Waals surface area contributed by atoms with E-state index in [2.05, 4.69) is 4.98 Å². The van der Waals surface area contributed by atoms with Crippen molar-refractivity contribution in [2.24, 2.45) is 0 Å². The van der Waals surface area contributed by atoms with Crippen LogP contribution in [-0.2, 0) is 15.5 Å². The lowest BCUT2D eigenvalue weighted by atomic mass is 9.78. The molecule has 3 rings (SSSR count). The lowest BCUT2D eigenvalue weighted by molar-refractivity contribution is -0.137. The average molecular weight is 401 g/mol. The van der Waals surface area contributed by atoms with E-state index >= 15 is 0 Å². The number of ether oxygens (including phenoxy) is 1. The zero-order chi connectivity index (χ0) is 20.9. The molecule has 1 aromatic heterocycles. The van der Waals surface area contributed by atoms with Crippen LogP contribution in [-0.4, -0.2) is 23.3 Å². The van der Waals surface area contributed by atoms with E-state index < -0.39 is 47.4 Å². The molecule has 0 spiro atoms. The van der Waals surface area contributed by atoms with Gasteiger partial charge in [-0.05, 0) is 39.8 Å². The van der Waals surface area contributed by atoms with Crippen molar-refractivity contribution in [3.63, 3.8) is 0 Å². The van der Waals surface area contributed by atoms with E-state index in [0.717, 1.165) is 24.3 Å². The summed E-state index contributed by atoms with van der Waals surface area (Å²) < 4.78 is 83.1. The third-order valence-electron chi connectivity index (χ3n) is 4.84. The second-order valence-electron chi connectivity index (χ2n) is 7.38. The molecular formula is C18H17BF5NO3. The molecule has 0 bridgehead atoms. The number of halogens is 5. The molecule has 0 radical (unpaired) electrons. The molecule has 2 aromatic rings. The van der Waals surface area contributed by atoms with Crippen LogP contribution < -0.4 is 10.2 Å². The first-order chi connectivity index (χ1) is 12.8. The van der Waals surface area contributed by atoms with Crippen LogP contribution in [0.1, 0.15) is 33.3 Å². The molecule has 1 saturated heterocycles. The highest BCUT2D eigenvalue weighted by Gasteiger charge is 2.52. The molecule has 1 aromatic carbocycles. The second-order valence-corrected chi connectivity index (χ2v) is 7.38. The Hall–Kier alpha value is -2.20. The predicted molar refractivity (Wildman–Crippen MR) is 91.4 cm³/mol. The van der Waals surface area contributed by atoms with E-state index in [1.165, 1.54) is 0 Å². The Balaban J connectivity index is 1.83. The average Bonchev–Trinajstić information content (AvgIpc) is 2.78. The minimum atomic E-state index is -4.56. The van der Waals surface area contributed by atoms with Crippen molar-refractivity contribution in [3.05, 3.63) is 47.7 Å². The molecule has 150 valence electrons. The van der Waals surface area contributed by atoms with Crippen LogP contribution in [0.25, 0.3) is 0 Å². The molecule has 0 unspecified atom stereocenters. The van der Waals surface area contributed by atoms with Crippen LogP contribution in [0.2, 0.25) is 0 Å². The third-order valence-corrected chi connectivity index (χ3v) is 4.84. The van der Waals surface area contributed by atoms with Gasteiger partial charge in [0.2, 0.25) is 5.88 Å². The standard InChI is InChI=1S/C18H17BF5NO3/c1-16(2)17(3,4)28-19(27-16)11-7-13(21)14(8-12(11)20)26-15-6-5-10(9-25-15)18(22,23)24/h5-9H,1-4H3. The lowest BCUT2D eigenvalue weighted by Crippen LogP contribution is -2.41. The number of pyridine rings is 1. The maximum atomic E-state index is 14.5. The van der Waals surface area contributed by atoms with Gasteiger partial charge in [0.25, 0.3) is 0 Å². The molecule has 0 aliphatic carbocycles. The van der Waals surface area contributed by atoms with Crippen LogP contribution >= 0.6 is 0 Å². The van der Waals surface area contributed by atoms with Crippen LogP contribution in [0.3, 0.4) is 0 Å². The molecule has 10 heteroatoms. The van der Waals surface area contributed by atoms with Gasteiger partial charge in [-0.3, -0.25) is 0 Å². The normalized spacial score (nSPS) is 18.4. The molecule has 1 aliphatic heterocycles. The smallest absolute Gasteiger partial charge is 0.436 e. The SMILES string of the molecule is CC1(C)OB(c2cc(F)c(Oc3ccc(C(F)(F)F)cn3)cc2F)OC1(C)C. The minimum Gasteiger partial charge on any atom is -0.436 e. The van der Waals surface area contributed by atoms with Gasteiger partial charge >= 0.3 is 13.3 Å². The van der Waals surface area contributed by atoms with E-state index in [9.17, 15) is 22.0 Å². The Morgan fingerprint density at radius 1 is 0.964 bits per heavy atom. The summed E-state index contributed by atoms with van der Waals surface area (Å²) in [7, 11) is -1.11. The zero-order valence-corrected chi connectivity index (χ0v) is 15.5. The molecule has 0 saturated carbocycles. The van der Waals surface area contributed by atoms with Crippen molar-refractivity contribution < 1.29 is 36.0 Å². The third kappa shape index (κ3) is 3.84. The Labute approximate surface area is 158 Å². The highest BCUT2D eigenvalue weighted by molar-refractivity contribution is 6.62. The van der Waals surface area contributed by atoms with Crippen molar-refractivity contribution in [1.82, 2.24) is 4.98 Å². The first-order valence-electron chi connectivity index (χ1n) is 8.36. The Morgan fingerprint density at radius 3 is 2.07 bits per heavy atom. The summed E-state index contributed by atoms with van der Waals surface area (Å²) in [6, 6.07) is 3.30. The Bertz CT molecular complexity index is 868. The van der Waals surface area contributed by atoms with Crippen molar-refractivity contribution in [2.45, 2.75) is 45.1 Å². The van der Waals surface area contributed by atoms with Crippen molar-refractivity contribution in [1.29, 1.82) is 0 Å². The number of aromatic nitrogens is 1. The molecule has 1 fully saturated rings. The van der Waals surface area contributed by atoms with E-state index in [4.69, 9.17) is 14.0 Å². The number of hydrogen-bond donors (Lipinski definition) is 0. The summed E-state index contributed by atoms with van der Waals surface area (Å²) in [6.45, 7) is 7.09. The van der Waals surface area contributed by atoms with Gasteiger partial charge < -0.3 is 14.0 Å². The molecule has 0 amide bonds. The second kappa shape index (κ2) is 6.70. The number of alkyl halides is 3.